The number of nitrogens with one attached hydrogen (secondary N) is 1. The molecule has 1 saturated carbocycles. The van der Waals surface area contributed by atoms with Crippen molar-refractivity contribution in [2.45, 2.75) is 46.0 Å². The number of nitrogens with zero attached hydrogens (tertiary/aromatic N) is 2. The summed E-state index contributed by atoms with van der Waals surface area (Å²) >= 11 is 2.35. The van der Waals surface area contributed by atoms with Crippen LogP contribution in [0, 0.1) is 8.99 Å². The number of aryl methyl sites for hydroxylation is 1. The Labute approximate surface area is 117 Å². The van der Waals surface area contributed by atoms with E-state index in [4.69, 9.17) is 4.98 Å². The number of hydrogen-bond acceptors (Lipinski definition) is 3. The van der Waals surface area contributed by atoms with Crippen LogP contribution in [-0.4, -0.2) is 17.0 Å². The summed E-state index contributed by atoms with van der Waals surface area (Å²) in [5.74, 6) is 2.56. The van der Waals surface area contributed by atoms with E-state index in [0.29, 0.717) is 11.3 Å². The zero-order valence-corrected chi connectivity index (χ0v) is 13.1. The van der Waals surface area contributed by atoms with Gasteiger partial charge < -0.3 is 5.32 Å². The lowest BCUT2D eigenvalue weighted by molar-refractivity contribution is 0.606. The standard InChI is InChI=1S/C13H20IN3/c1-5-6-9-10(14)12(15-4)17-11(16-9)8-7-13(8,2)3/h8H,5-7H2,1-4H3,(H,15,16,17). The maximum Gasteiger partial charge on any atom is 0.143 e. The first-order valence-corrected chi connectivity index (χ1v) is 7.31. The van der Waals surface area contributed by atoms with Crippen LogP contribution in [0.2, 0.25) is 0 Å². The average Bonchev–Trinajstić information content (AvgIpc) is 2.91. The van der Waals surface area contributed by atoms with Crippen molar-refractivity contribution in [1.82, 2.24) is 9.97 Å². The highest BCUT2D eigenvalue weighted by molar-refractivity contribution is 14.1. The van der Waals surface area contributed by atoms with Crippen LogP contribution in [0.15, 0.2) is 0 Å². The second-order valence-electron chi connectivity index (χ2n) is 5.44. The van der Waals surface area contributed by atoms with Gasteiger partial charge in [-0.2, -0.15) is 0 Å². The molecule has 0 aromatic carbocycles. The predicted molar refractivity (Wildman–Crippen MR) is 79.4 cm³/mol. The molecule has 1 N–H and O–H groups in total. The Kier molecular flexibility index (Phi) is 3.61. The van der Waals surface area contributed by atoms with E-state index < -0.39 is 0 Å². The molecule has 0 aliphatic heterocycles. The van der Waals surface area contributed by atoms with E-state index in [2.05, 4.69) is 53.7 Å². The fourth-order valence-corrected chi connectivity index (χ4v) is 2.93. The predicted octanol–water partition coefficient (Wildman–Crippen LogP) is 3.59. The molecule has 1 heterocycles. The Morgan fingerprint density at radius 1 is 1.41 bits per heavy atom. The molecule has 0 amide bonds. The van der Waals surface area contributed by atoms with Crippen LogP contribution in [0.1, 0.15) is 51.0 Å². The van der Waals surface area contributed by atoms with Crippen molar-refractivity contribution in [3.05, 3.63) is 15.1 Å². The number of anilines is 1. The van der Waals surface area contributed by atoms with Crippen LogP contribution in [-0.2, 0) is 6.42 Å². The molecule has 94 valence electrons. The van der Waals surface area contributed by atoms with E-state index in [-0.39, 0.29) is 0 Å². The lowest BCUT2D eigenvalue weighted by Crippen LogP contribution is -2.08. The van der Waals surface area contributed by atoms with Gasteiger partial charge in [0.05, 0.1) is 9.26 Å². The molecule has 4 heteroatoms. The van der Waals surface area contributed by atoms with Gasteiger partial charge in [-0.05, 0) is 40.8 Å². The molecule has 1 aromatic heterocycles. The van der Waals surface area contributed by atoms with Crippen molar-refractivity contribution in [3.63, 3.8) is 0 Å². The minimum atomic E-state index is 0.390. The van der Waals surface area contributed by atoms with Gasteiger partial charge >= 0.3 is 0 Å². The van der Waals surface area contributed by atoms with E-state index in [1.807, 2.05) is 7.05 Å². The van der Waals surface area contributed by atoms with Gasteiger partial charge in [0.2, 0.25) is 0 Å². The molecular weight excluding hydrogens is 325 g/mol. The number of rotatable bonds is 4. The fraction of sp³-hybridized carbons (Fsp3) is 0.692. The molecule has 1 atom stereocenters. The number of hydrogen-bond donors (Lipinski definition) is 1. The third kappa shape index (κ3) is 2.56. The normalized spacial score (nSPS) is 21.4. The minimum Gasteiger partial charge on any atom is -0.372 e. The van der Waals surface area contributed by atoms with Gasteiger partial charge in [-0.3, -0.25) is 0 Å². The fourth-order valence-electron chi connectivity index (χ4n) is 2.14. The van der Waals surface area contributed by atoms with Crippen molar-refractivity contribution in [2.24, 2.45) is 5.41 Å². The number of aromatic nitrogens is 2. The zero-order chi connectivity index (χ0) is 12.6. The monoisotopic (exact) mass is 345 g/mol. The average molecular weight is 345 g/mol. The van der Waals surface area contributed by atoms with E-state index in [0.717, 1.165) is 24.5 Å². The van der Waals surface area contributed by atoms with E-state index in [1.165, 1.54) is 15.7 Å². The lowest BCUT2D eigenvalue weighted by Gasteiger charge is -2.11. The van der Waals surface area contributed by atoms with Gasteiger partial charge in [-0.1, -0.05) is 27.2 Å². The Bertz CT molecular complexity index is 429. The maximum atomic E-state index is 4.77. The summed E-state index contributed by atoms with van der Waals surface area (Å²) in [6.07, 6.45) is 3.38. The number of halogens is 1. The third-order valence-electron chi connectivity index (χ3n) is 3.49. The SMILES string of the molecule is CCCc1nc(C2CC2(C)C)nc(NC)c1I. The molecule has 1 aliphatic rings. The van der Waals surface area contributed by atoms with Gasteiger partial charge in [0, 0.05) is 13.0 Å². The van der Waals surface area contributed by atoms with Gasteiger partial charge in [-0.25, -0.2) is 9.97 Å². The van der Waals surface area contributed by atoms with Crippen LogP contribution >= 0.6 is 22.6 Å². The van der Waals surface area contributed by atoms with E-state index in [9.17, 15) is 0 Å². The summed E-state index contributed by atoms with van der Waals surface area (Å²) < 4.78 is 1.18. The summed E-state index contributed by atoms with van der Waals surface area (Å²) in [6, 6.07) is 0. The molecule has 1 unspecified atom stereocenters. The third-order valence-corrected chi connectivity index (χ3v) is 4.62. The Balaban J connectivity index is 2.37. The van der Waals surface area contributed by atoms with Crippen LogP contribution in [0.25, 0.3) is 0 Å². The summed E-state index contributed by atoms with van der Waals surface area (Å²) in [5.41, 5.74) is 1.59. The molecule has 1 fully saturated rings. The van der Waals surface area contributed by atoms with Crippen LogP contribution in [0.3, 0.4) is 0 Å². The van der Waals surface area contributed by atoms with Gasteiger partial charge in [0.25, 0.3) is 0 Å². The second-order valence-corrected chi connectivity index (χ2v) is 6.52. The molecule has 1 aliphatic carbocycles. The quantitative estimate of drug-likeness (QED) is 0.848. The van der Waals surface area contributed by atoms with Crippen molar-refractivity contribution in [2.75, 3.05) is 12.4 Å². The van der Waals surface area contributed by atoms with Crippen molar-refractivity contribution in [3.8, 4) is 0 Å². The van der Waals surface area contributed by atoms with Crippen molar-refractivity contribution in [1.29, 1.82) is 0 Å². The summed E-state index contributed by atoms with van der Waals surface area (Å²) in [7, 11) is 1.93. The highest BCUT2D eigenvalue weighted by Gasteiger charge is 2.48. The maximum absolute atomic E-state index is 4.77. The summed E-state index contributed by atoms with van der Waals surface area (Å²) in [4.78, 5) is 9.43. The molecule has 1 aromatic rings. The van der Waals surface area contributed by atoms with Crippen molar-refractivity contribution >= 4 is 28.4 Å². The summed E-state index contributed by atoms with van der Waals surface area (Å²) in [6.45, 7) is 6.77. The van der Waals surface area contributed by atoms with E-state index >= 15 is 0 Å². The molecule has 0 radical (unpaired) electrons. The molecule has 0 spiro atoms. The second kappa shape index (κ2) is 4.71. The molecule has 17 heavy (non-hydrogen) atoms. The molecule has 0 saturated heterocycles. The molecule has 3 nitrogen and oxygen atoms in total. The van der Waals surface area contributed by atoms with Gasteiger partial charge in [0.15, 0.2) is 0 Å². The van der Waals surface area contributed by atoms with Gasteiger partial charge in [-0.15, -0.1) is 0 Å². The smallest absolute Gasteiger partial charge is 0.143 e. The lowest BCUT2D eigenvalue weighted by atomic mass is 10.1. The molecular formula is C13H20IN3. The Morgan fingerprint density at radius 2 is 2.06 bits per heavy atom. The minimum absolute atomic E-state index is 0.390. The molecule has 0 bridgehead atoms. The topological polar surface area (TPSA) is 37.8 Å². The van der Waals surface area contributed by atoms with Crippen LogP contribution in [0.4, 0.5) is 5.82 Å². The summed E-state index contributed by atoms with van der Waals surface area (Å²) in [5, 5.41) is 3.19. The largest absolute Gasteiger partial charge is 0.372 e. The Morgan fingerprint density at radius 3 is 2.53 bits per heavy atom. The van der Waals surface area contributed by atoms with Gasteiger partial charge in [0.1, 0.15) is 11.6 Å². The van der Waals surface area contributed by atoms with Crippen molar-refractivity contribution < 1.29 is 0 Å². The zero-order valence-electron chi connectivity index (χ0n) is 11.0. The highest BCUT2D eigenvalue weighted by Crippen LogP contribution is 2.57. The van der Waals surface area contributed by atoms with Crippen LogP contribution < -0.4 is 5.32 Å². The first-order chi connectivity index (χ1) is 7.99. The first-order valence-electron chi connectivity index (χ1n) is 6.23. The highest BCUT2D eigenvalue weighted by atomic mass is 127. The molecule has 2 rings (SSSR count). The van der Waals surface area contributed by atoms with E-state index in [1.54, 1.807) is 0 Å². The Hall–Kier alpha value is -0.390. The first kappa shape index (κ1) is 13.1. The van der Waals surface area contributed by atoms with Crippen LogP contribution in [0.5, 0.6) is 0 Å².